The molecule has 0 aliphatic rings. The first-order chi connectivity index (χ1) is 10.0. The number of halogens is 1. The number of hydrogen-bond acceptors (Lipinski definition) is 3. The van der Waals surface area contributed by atoms with Crippen molar-refractivity contribution in [3.05, 3.63) is 53.3 Å². The zero-order chi connectivity index (χ0) is 15.4. The van der Waals surface area contributed by atoms with Crippen LogP contribution in [0, 0.1) is 12.7 Å². The summed E-state index contributed by atoms with van der Waals surface area (Å²) in [5.41, 5.74) is 7.53. The van der Waals surface area contributed by atoms with Crippen molar-refractivity contribution in [2.24, 2.45) is 0 Å². The van der Waals surface area contributed by atoms with Crippen molar-refractivity contribution in [2.75, 3.05) is 17.7 Å². The minimum absolute atomic E-state index is 0.107. The number of rotatable bonds is 4. The molecule has 21 heavy (non-hydrogen) atoms. The molecule has 0 bridgehead atoms. The fraction of sp³-hybridized carbons (Fsp3) is 0.188. The van der Waals surface area contributed by atoms with Gasteiger partial charge in [0.2, 0.25) is 0 Å². The van der Waals surface area contributed by atoms with Gasteiger partial charge in [-0.05, 0) is 55.8 Å². The molecule has 0 saturated carbocycles. The second-order valence-corrected chi connectivity index (χ2v) is 4.60. The SMILES string of the molecule is CCOc1ccc(NC(=O)c2ccc(F)cc2N)c(C)c1. The van der Waals surface area contributed by atoms with E-state index in [0.29, 0.717) is 12.3 Å². The van der Waals surface area contributed by atoms with Crippen LogP contribution in [0.4, 0.5) is 15.8 Å². The molecular weight excluding hydrogens is 271 g/mol. The lowest BCUT2D eigenvalue weighted by Crippen LogP contribution is -2.15. The Morgan fingerprint density at radius 1 is 1.29 bits per heavy atom. The normalized spacial score (nSPS) is 10.2. The maximum atomic E-state index is 13.0. The third-order valence-electron chi connectivity index (χ3n) is 3.02. The third kappa shape index (κ3) is 3.51. The first-order valence-electron chi connectivity index (χ1n) is 6.61. The molecule has 0 saturated heterocycles. The smallest absolute Gasteiger partial charge is 0.257 e. The van der Waals surface area contributed by atoms with E-state index < -0.39 is 5.82 Å². The number of nitrogen functional groups attached to an aromatic ring is 1. The summed E-state index contributed by atoms with van der Waals surface area (Å²) >= 11 is 0. The largest absolute Gasteiger partial charge is 0.494 e. The molecule has 1 amide bonds. The van der Waals surface area contributed by atoms with Crippen molar-refractivity contribution >= 4 is 17.3 Å². The van der Waals surface area contributed by atoms with Crippen molar-refractivity contribution in [3.8, 4) is 5.75 Å². The number of carbonyl (C=O) groups is 1. The van der Waals surface area contributed by atoms with E-state index in [1.807, 2.05) is 19.9 Å². The average molecular weight is 288 g/mol. The number of ether oxygens (including phenoxy) is 1. The number of nitrogens with two attached hydrogens (primary N) is 1. The number of benzene rings is 2. The van der Waals surface area contributed by atoms with Crippen LogP contribution in [0.5, 0.6) is 5.75 Å². The summed E-state index contributed by atoms with van der Waals surface area (Å²) in [5.74, 6) is -0.102. The summed E-state index contributed by atoms with van der Waals surface area (Å²) in [6.45, 7) is 4.35. The molecule has 5 heteroatoms. The van der Waals surface area contributed by atoms with Crippen molar-refractivity contribution < 1.29 is 13.9 Å². The standard InChI is InChI=1S/C16H17FN2O2/c1-3-21-12-5-7-15(10(2)8-12)19-16(20)13-6-4-11(17)9-14(13)18/h4-9H,3,18H2,1-2H3,(H,19,20). The fourth-order valence-electron chi connectivity index (χ4n) is 1.96. The molecule has 0 heterocycles. The number of hydrogen-bond donors (Lipinski definition) is 2. The van der Waals surface area contributed by atoms with Crippen LogP contribution in [-0.2, 0) is 0 Å². The summed E-state index contributed by atoms with van der Waals surface area (Å²) in [6, 6.07) is 9.07. The van der Waals surface area contributed by atoms with E-state index in [1.165, 1.54) is 12.1 Å². The van der Waals surface area contributed by atoms with Gasteiger partial charge in [-0.2, -0.15) is 0 Å². The van der Waals surface area contributed by atoms with E-state index >= 15 is 0 Å². The number of amides is 1. The number of carbonyl (C=O) groups excluding carboxylic acids is 1. The molecule has 2 aromatic carbocycles. The molecule has 0 radical (unpaired) electrons. The molecule has 4 nitrogen and oxygen atoms in total. The van der Waals surface area contributed by atoms with E-state index in [2.05, 4.69) is 5.32 Å². The molecule has 2 rings (SSSR count). The molecule has 0 spiro atoms. The second-order valence-electron chi connectivity index (χ2n) is 4.60. The minimum Gasteiger partial charge on any atom is -0.494 e. The van der Waals surface area contributed by atoms with Crippen LogP contribution in [0.2, 0.25) is 0 Å². The minimum atomic E-state index is -0.471. The van der Waals surface area contributed by atoms with Gasteiger partial charge in [-0.15, -0.1) is 0 Å². The van der Waals surface area contributed by atoms with Gasteiger partial charge in [0.1, 0.15) is 11.6 Å². The Bertz CT molecular complexity index is 671. The Morgan fingerprint density at radius 3 is 2.67 bits per heavy atom. The Labute approximate surface area is 122 Å². The predicted octanol–water partition coefficient (Wildman–Crippen LogP) is 3.37. The maximum Gasteiger partial charge on any atom is 0.257 e. The van der Waals surface area contributed by atoms with E-state index in [0.717, 1.165) is 17.4 Å². The van der Waals surface area contributed by atoms with E-state index in [-0.39, 0.29) is 17.2 Å². The van der Waals surface area contributed by atoms with Crippen LogP contribution in [0.25, 0.3) is 0 Å². The Kier molecular flexibility index (Phi) is 4.42. The summed E-state index contributed by atoms with van der Waals surface area (Å²) in [5, 5.41) is 2.76. The molecule has 0 atom stereocenters. The molecule has 0 unspecified atom stereocenters. The molecule has 3 N–H and O–H groups in total. The predicted molar refractivity (Wildman–Crippen MR) is 81.1 cm³/mol. The summed E-state index contributed by atoms with van der Waals surface area (Å²) in [4.78, 5) is 12.2. The lowest BCUT2D eigenvalue weighted by Gasteiger charge is -2.11. The Balaban J connectivity index is 2.19. The van der Waals surface area contributed by atoms with Gasteiger partial charge in [0, 0.05) is 11.4 Å². The van der Waals surface area contributed by atoms with Crippen LogP contribution < -0.4 is 15.8 Å². The first kappa shape index (κ1) is 14.8. The summed E-state index contributed by atoms with van der Waals surface area (Å²) in [6.07, 6.45) is 0. The van der Waals surface area contributed by atoms with Gasteiger partial charge < -0.3 is 15.8 Å². The summed E-state index contributed by atoms with van der Waals surface area (Å²) in [7, 11) is 0. The Morgan fingerprint density at radius 2 is 2.05 bits per heavy atom. The van der Waals surface area contributed by atoms with Gasteiger partial charge in [0.05, 0.1) is 12.2 Å². The lowest BCUT2D eigenvalue weighted by molar-refractivity contribution is 0.102. The maximum absolute atomic E-state index is 13.0. The van der Waals surface area contributed by atoms with E-state index in [9.17, 15) is 9.18 Å². The molecule has 0 aliphatic heterocycles. The molecule has 0 aliphatic carbocycles. The average Bonchev–Trinajstić information content (AvgIpc) is 2.42. The highest BCUT2D eigenvalue weighted by Crippen LogP contribution is 2.23. The highest BCUT2D eigenvalue weighted by atomic mass is 19.1. The van der Waals surface area contributed by atoms with Crippen molar-refractivity contribution in [1.82, 2.24) is 0 Å². The number of nitrogens with one attached hydrogen (secondary N) is 1. The zero-order valence-corrected chi connectivity index (χ0v) is 11.9. The molecular formula is C16H17FN2O2. The van der Waals surface area contributed by atoms with Gasteiger partial charge >= 0.3 is 0 Å². The Hall–Kier alpha value is -2.56. The van der Waals surface area contributed by atoms with Crippen LogP contribution >= 0.6 is 0 Å². The van der Waals surface area contributed by atoms with Crippen molar-refractivity contribution in [2.45, 2.75) is 13.8 Å². The number of anilines is 2. The van der Waals surface area contributed by atoms with Crippen molar-refractivity contribution in [1.29, 1.82) is 0 Å². The molecule has 110 valence electrons. The zero-order valence-electron chi connectivity index (χ0n) is 11.9. The number of aryl methyl sites for hydroxylation is 1. The molecule has 2 aromatic rings. The third-order valence-corrected chi connectivity index (χ3v) is 3.02. The van der Waals surface area contributed by atoms with E-state index in [4.69, 9.17) is 10.5 Å². The van der Waals surface area contributed by atoms with Gasteiger partial charge in [-0.3, -0.25) is 4.79 Å². The quantitative estimate of drug-likeness (QED) is 0.848. The topological polar surface area (TPSA) is 64.3 Å². The van der Waals surface area contributed by atoms with Crippen LogP contribution in [0.3, 0.4) is 0 Å². The second kappa shape index (κ2) is 6.26. The van der Waals surface area contributed by atoms with Gasteiger partial charge in [0.15, 0.2) is 0 Å². The van der Waals surface area contributed by atoms with Gasteiger partial charge in [-0.1, -0.05) is 0 Å². The van der Waals surface area contributed by atoms with Crippen molar-refractivity contribution in [3.63, 3.8) is 0 Å². The van der Waals surface area contributed by atoms with Gasteiger partial charge in [0.25, 0.3) is 5.91 Å². The molecule has 0 aromatic heterocycles. The van der Waals surface area contributed by atoms with Crippen LogP contribution in [-0.4, -0.2) is 12.5 Å². The highest BCUT2D eigenvalue weighted by molar-refractivity contribution is 6.08. The highest BCUT2D eigenvalue weighted by Gasteiger charge is 2.12. The fourth-order valence-corrected chi connectivity index (χ4v) is 1.96. The van der Waals surface area contributed by atoms with Crippen LogP contribution in [0.15, 0.2) is 36.4 Å². The van der Waals surface area contributed by atoms with E-state index in [1.54, 1.807) is 12.1 Å². The first-order valence-corrected chi connectivity index (χ1v) is 6.61. The molecule has 0 fully saturated rings. The van der Waals surface area contributed by atoms with Gasteiger partial charge in [-0.25, -0.2) is 4.39 Å². The lowest BCUT2D eigenvalue weighted by atomic mass is 10.1. The summed E-state index contributed by atoms with van der Waals surface area (Å²) < 4.78 is 18.4. The monoisotopic (exact) mass is 288 g/mol. The van der Waals surface area contributed by atoms with Crippen LogP contribution in [0.1, 0.15) is 22.8 Å².